The van der Waals surface area contributed by atoms with E-state index in [1.165, 1.54) is 6.07 Å². The average molecular weight is 449 g/mol. The van der Waals surface area contributed by atoms with Crippen LogP contribution in [0.1, 0.15) is 15.9 Å². The van der Waals surface area contributed by atoms with Crippen LogP contribution in [0.15, 0.2) is 36.4 Å². The van der Waals surface area contributed by atoms with Gasteiger partial charge in [-0.3, -0.25) is 10.1 Å². The molecule has 0 aliphatic carbocycles. The Morgan fingerprint density at radius 2 is 2.00 bits per heavy atom. The van der Waals surface area contributed by atoms with E-state index in [1.807, 2.05) is 29.5 Å². The van der Waals surface area contributed by atoms with E-state index in [1.54, 1.807) is 30.3 Å². The van der Waals surface area contributed by atoms with Crippen LogP contribution in [0.5, 0.6) is 0 Å². The molecule has 2 rings (SSSR count). The number of halogens is 3. The van der Waals surface area contributed by atoms with Gasteiger partial charge in [0.2, 0.25) is 0 Å². The number of thiocarbonyl (C=S) groups is 1. The van der Waals surface area contributed by atoms with Gasteiger partial charge in [-0.15, -0.1) is 0 Å². The minimum Gasteiger partial charge on any atom is -0.330 e. The predicted octanol–water partition coefficient (Wildman–Crippen LogP) is 4.52. The average Bonchev–Trinajstić information content (AvgIpc) is 2.45. The van der Waals surface area contributed by atoms with Gasteiger partial charge in [0.1, 0.15) is 5.82 Å². The lowest BCUT2D eigenvalue weighted by atomic mass is 10.1. The van der Waals surface area contributed by atoms with Crippen molar-refractivity contribution in [3.63, 3.8) is 0 Å². The van der Waals surface area contributed by atoms with E-state index in [9.17, 15) is 9.18 Å². The van der Waals surface area contributed by atoms with Crippen molar-refractivity contribution in [2.75, 3.05) is 5.32 Å². The van der Waals surface area contributed by atoms with Gasteiger partial charge in [0, 0.05) is 14.2 Å². The van der Waals surface area contributed by atoms with Crippen LogP contribution >= 0.6 is 46.4 Å². The molecule has 114 valence electrons. The molecule has 0 aliphatic heterocycles. The number of rotatable bonds is 2. The first-order valence-electron chi connectivity index (χ1n) is 6.20. The molecule has 0 saturated heterocycles. The second kappa shape index (κ2) is 7.34. The normalized spacial score (nSPS) is 10.2. The van der Waals surface area contributed by atoms with Crippen molar-refractivity contribution in [3.05, 3.63) is 61.9 Å². The highest BCUT2D eigenvalue weighted by molar-refractivity contribution is 14.1. The minimum atomic E-state index is -0.443. The molecule has 0 unspecified atom stereocenters. The Bertz CT molecular complexity index is 754. The number of nitrogens with one attached hydrogen (secondary N) is 2. The summed E-state index contributed by atoms with van der Waals surface area (Å²) in [6.07, 6.45) is 0. The summed E-state index contributed by atoms with van der Waals surface area (Å²) in [5.41, 5.74) is 1.45. The van der Waals surface area contributed by atoms with Gasteiger partial charge >= 0.3 is 0 Å². The summed E-state index contributed by atoms with van der Waals surface area (Å²) in [4.78, 5) is 12.1. The molecule has 0 saturated carbocycles. The fourth-order valence-corrected chi connectivity index (χ4v) is 2.49. The monoisotopic (exact) mass is 448 g/mol. The van der Waals surface area contributed by atoms with Crippen molar-refractivity contribution in [1.82, 2.24) is 5.32 Å². The number of hydrogen-bond donors (Lipinski definition) is 2. The lowest BCUT2D eigenvalue weighted by Crippen LogP contribution is -2.34. The maximum atomic E-state index is 13.7. The first kappa shape index (κ1) is 17.1. The Balaban J connectivity index is 2.05. The Kier molecular flexibility index (Phi) is 5.71. The lowest BCUT2D eigenvalue weighted by molar-refractivity contribution is 0.0977. The molecule has 0 atom stereocenters. The minimum absolute atomic E-state index is 0.0156. The number of aryl methyl sites for hydroxylation is 1. The predicted molar refractivity (Wildman–Crippen MR) is 99.0 cm³/mol. The van der Waals surface area contributed by atoms with Crippen molar-refractivity contribution in [3.8, 4) is 0 Å². The molecule has 7 heteroatoms. The van der Waals surface area contributed by atoms with Gasteiger partial charge in [-0.05, 0) is 77.6 Å². The molecule has 2 N–H and O–H groups in total. The number of anilines is 1. The topological polar surface area (TPSA) is 41.1 Å². The molecular formula is C15H11ClFIN2OS. The highest BCUT2D eigenvalue weighted by Crippen LogP contribution is 2.18. The highest BCUT2D eigenvalue weighted by atomic mass is 127. The molecule has 0 heterocycles. The van der Waals surface area contributed by atoms with Gasteiger partial charge in [-0.25, -0.2) is 4.39 Å². The second-order valence-electron chi connectivity index (χ2n) is 4.50. The van der Waals surface area contributed by atoms with Crippen LogP contribution in [0.2, 0.25) is 5.02 Å². The van der Waals surface area contributed by atoms with Crippen molar-refractivity contribution in [2.24, 2.45) is 0 Å². The zero-order valence-electron chi connectivity index (χ0n) is 11.4. The molecule has 2 aromatic rings. The molecule has 3 nitrogen and oxygen atoms in total. The molecule has 0 bridgehead atoms. The summed E-state index contributed by atoms with van der Waals surface area (Å²) in [7, 11) is 0. The van der Waals surface area contributed by atoms with Crippen molar-refractivity contribution < 1.29 is 9.18 Å². The summed E-state index contributed by atoms with van der Waals surface area (Å²) in [6.45, 7) is 1.84. The van der Waals surface area contributed by atoms with Crippen LogP contribution in [-0.2, 0) is 0 Å². The van der Waals surface area contributed by atoms with Gasteiger partial charge < -0.3 is 5.32 Å². The van der Waals surface area contributed by atoms with E-state index in [2.05, 4.69) is 10.6 Å². The first-order valence-corrected chi connectivity index (χ1v) is 8.07. The van der Waals surface area contributed by atoms with E-state index < -0.39 is 11.7 Å². The van der Waals surface area contributed by atoms with E-state index in [4.69, 9.17) is 23.8 Å². The summed E-state index contributed by atoms with van der Waals surface area (Å²) in [5.74, 6) is -0.854. The van der Waals surface area contributed by atoms with Crippen LogP contribution in [-0.4, -0.2) is 11.0 Å². The van der Waals surface area contributed by atoms with Crippen molar-refractivity contribution in [2.45, 2.75) is 6.92 Å². The molecule has 0 aliphatic rings. The summed E-state index contributed by atoms with van der Waals surface area (Å²) >= 11 is 13.0. The number of carbonyl (C=O) groups excluding carboxylic acids is 1. The Hall–Kier alpha value is -1.25. The molecule has 0 aromatic heterocycles. The summed E-state index contributed by atoms with van der Waals surface area (Å²) in [6, 6.07) is 9.60. The maximum Gasteiger partial charge on any atom is 0.257 e. The van der Waals surface area contributed by atoms with Gasteiger partial charge in [0.15, 0.2) is 5.11 Å². The number of benzene rings is 2. The summed E-state index contributed by atoms with van der Waals surface area (Å²) in [5, 5.41) is 5.65. The Morgan fingerprint density at radius 3 is 2.64 bits per heavy atom. The molecule has 0 fully saturated rings. The van der Waals surface area contributed by atoms with Gasteiger partial charge in [-0.1, -0.05) is 17.7 Å². The molecule has 1 amide bonds. The third-order valence-corrected chi connectivity index (χ3v) is 4.12. The fourth-order valence-electron chi connectivity index (χ4n) is 1.65. The molecule has 0 radical (unpaired) electrons. The highest BCUT2D eigenvalue weighted by Gasteiger charge is 2.11. The number of carbonyl (C=O) groups is 1. The van der Waals surface area contributed by atoms with Crippen molar-refractivity contribution in [1.29, 1.82) is 0 Å². The van der Waals surface area contributed by atoms with E-state index >= 15 is 0 Å². The van der Waals surface area contributed by atoms with Gasteiger partial charge in [0.25, 0.3) is 5.91 Å². The maximum absolute atomic E-state index is 13.7. The van der Waals surface area contributed by atoms with E-state index in [0.29, 0.717) is 10.6 Å². The summed E-state index contributed by atoms with van der Waals surface area (Å²) < 4.78 is 14.5. The van der Waals surface area contributed by atoms with E-state index in [-0.39, 0.29) is 10.8 Å². The standard InChI is InChI=1S/C15H11ClFIN2OS/c1-8-2-3-9(6-11(8)16)14(21)20-15(22)19-13-5-4-10(18)7-12(13)17/h2-7H,1H3,(H2,19,20,21,22). The quantitative estimate of drug-likeness (QED) is 0.524. The largest absolute Gasteiger partial charge is 0.330 e. The third kappa shape index (κ3) is 4.37. The first-order chi connectivity index (χ1) is 10.4. The van der Waals surface area contributed by atoms with Crippen LogP contribution in [0.4, 0.5) is 10.1 Å². The van der Waals surface area contributed by atoms with E-state index in [0.717, 1.165) is 9.13 Å². The molecule has 2 aromatic carbocycles. The SMILES string of the molecule is Cc1ccc(C(=O)NC(=S)Nc2ccc(I)cc2F)cc1Cl. The Morgan fingerprint density at radius 1 is 1.27 bits per heavy atom. The fraction of sp³-hybridized carbons (Fsp3) is 0.0667. The van der Waals surface area contributed by atoms with Crippen LogP contribution in [0, 0.1) is 16.3 Å². The van der Waals surface area contributed by atoms with Crippen molar-refractivity contribution >= 4 is 63.1 Å². The third-order valence-electron chi connectivity index (χ3n) is 2.84. The number of hydrogen-bond acceptors (Lipinski definition) is 2. The van der Waals surface area contributed by atoms with Gasteiger partial charge in [-0.2, -0.15) is 0 Å². The Labute approximate surface area is 151 Å². The van der Waals surface area contributed by atoms with Crippen LogP contribution < -0.4 is 10.6 Å². The lowest BCUT2D eigenvalue weighted by Gasteiger charge is -2.11. The molecular weight excluding hydrogens is 438 g/mol. The smallest absolute Gasteiger partial charge is 0.257 e. The number of amides is 1. The van der Waals surface area contributed by atoms with Crippen LogP contribution in [0.3, 0.4) is 0 Å². The molecule has 0 spiro atoms. The molecule has 22 heavy (non-hydrogen) atoms. The van der Waals surface area contributed by atoms with Gasteiger partial charge in [0.05, 0.1) is 5.69 Å². The zero-order valence-corrected chi connectivity index (χ0v) is 15.1. The zero-order chi connectivity index (χ0) is 16.3. The second-order valence-corrected chi connectivity index (χ2v) is 6.56. The van der Waals surface area contributed by atoms with Crippen LogP contribution in [0.25, 0.3) is 0 Å².